The molecule has 0 spiro atoms. The molecular formula is C15H32N2O2S. The van der Waals surface area contributed by atoms with Gasteiger partial charge in [0.05, 0.1) is 11.5 Å². The van der Waals surface area contributed by atoms with E-state index in [0.717, 1.165) is 19.5 Å². The van der Waals surface area contributed by atoms with Crippen molar-refractivity contribution in [3.63, 3.8) is 0 Å². The van der Waals surface area contributed by atoms with Crippen LogP contribution in [0.5, 0.6) is 0 Å². The highest BCUT2D eigenvalue weighted by Gasteiger charge is 2.33. The van der Waals surface area contributed by atoms with Gasteiger partial charge in [-0.3, -0.25) is 4.90 Å². The maximum atomic E-state index is 11.7. The quantitative estimate of drug-likeness (QED) is 0.780. The van der Waals surface area contributed by atoms with Gasteiger partial charge in [0, 0.05) is 31.7 Å². The maximum absolute atomic E-state index is 11.7. The molecule has 0 saturated carbocycles. The van der Waals surface area contributed by atoms with Gasteiger partial charge in [0.1, 0.15) is 0 Å². The van der Waals surface area contributed by atoms with Gasteiger partial charge in [-0.15, -0.1) is 0 Å². The van der Waals surface area contributed by atoms with Gasteiger partial charge in [-0.2, -0.15) is 0 Å². The largest absolute Gasteiger partial charge is 0.314 e. The zero-order chi connectivity index (χ0) is 15.4. The van der Waals surface area contributed by atoms with Crippen LogP contribution in [0.1, 0.15) is 47.5 Å². The summed E-state index contributed by atoms with van der Waals surface area (Å²) in [7, 11) is -2.82. The SMILES string of the molecule is CCCC(C)(CNC(C)C)CN1CCS(=O)(=O)CC1C. The second-order valence-electron chi connectivity index (χ2n) is 7.03. The fourth-order valence-electron chi connectivity index (χ4n) is 3.04. The Hall–Kier alpha value is -0.130. The number of nitrogens with one attached hydrogen (secondary N) is 1. The number of hydrogen-bond acceptors (Lipinski definition) is 4. The van der Waals surface area contributed by atoms with Crippen molar-refractivity contribution in [2.75, 3.05) is 31.1 Å². The summed E-state index contributed by atoms with van der Waals surface area (Å²) in [6, 6.07) is 0.634. The van der Waals surface area contributed by atoms with Crippen molar-refractivity contribution in [2.24, 2.45) is 5.41 Å². The minimum absolute atomic E-state index is 0.143. The highest BCUT2D eigenvalue weighted by molar-refractivity contribution is 7.91. The Bertz CT molecular complexity index is 395. The second kappa shape index (κ2) is 7.23. The van der Waals surface area contributed by atoms with Crippen LogP contribution in [0.25, 0.3) is 0 Å². The average Bonchev–Trinajstić information content (AvgIpc) is 2.30. The number of rotatable bonds is 7. The molecule has 20 heavy (non-hydrogen) atoms. The van der Waals surface area contributed by atoms with E-state index in [0.29, 0.717) is 24.1 Å². The van der Waals surface area contributed by atoms with Crippen LogP contribution in [-0.4, -0.2) is 56.5 Å². The third-order valence-corrected chi connectivity index (χ3v) is 5.98. The number of hydrogen-bond donors (Lipinski definition) is 1. The Morgan fingerprint density at radius 2 is 2.05 bits per heavy atom. The fourth-order valence-corrected chi connectivity index (χ4v) is 4.66. The van der Waals surface area contributed by atoms with Crippen LogP contribution in [0.3, 0.4) is 0 Å². The average molecular weight is 305 g/mol. The molecule has 0 aromatic rings. The minimum Gasteiger partial charge on any atom is -0.314 e. The molecule has 5 heteroatoms. The third kappa shape index (κ3) is 5.70. The van der Waals surface area contributed by atoms with Gasteiger partial charge in [0.25, 0.3) is 0 Å². The van der Waals surface area contributed by atoms with Gasteiger partial charge in [-0.1, -0.05) is 34.1 Å². The predicted molar refractivity (Wildman–Crippen MR) is 85.8 cm³/mol. The molecule has 0 amide bonds. The molecule has 2 atom stereocenters. The van der Waals surface area contributed by atoms with Crippen LogP contribution in [-0.2, 0) is 9.84 Å². The molecule has 4 nitrogen and oxygen atoms in total. The minimum atomic E-state index is -2.82. The van der Waals surface area contributed by atoms with Crippen molar-refractivity contribution in [3.8, 4) is 0 Å². The van der Waals surface area contributed by atoms with Crippen LogP contribution < -0.4 is 5.32 Å². The highest BCUT2D eigenvalue weighted by atomic mass is 32.2. The summed E-state index contributed by atoms with van der Waals surface area (Å²) in [6.45, 7) is 13.6. The standard InChI is InChI=1S/C15H32N2O2S/c1-6-7-15(5,11-16-13(2)3)12-17-8-9-20(18,19)10-14(17)4/h13-14,16H,6-12H2,1-5H3. The molecule has 0 aromatic heterocycles. The first-order valence-electron chi connectivity index (χ1n) is 7.85. The fraction of sp³-hybridized carbons (Fsp3) is 1.00. The van der Waals surface area contributed by atoms with Crippen molar-refractivity contribution < 1.29 is 8.42 Å². The molecule has 120 valence electrons. The monoisotopic (exact) mass is 304 g/mol. The summed E-state index contributed by atoms with van der Waals surface area (Å²) in [5.41, 5.74) is 0.217. The highest BCUT2D eigenvalue weighted by Crippen LogP contribution is 2.26. The molecule has 1 aliphatic rings. The molecule has 1 fully saturated rings. The van der Waals surface area contributed by atoms with E-state index in [4.69, 9.17) is 0 Å². The Kier molecular flexibility index (Phi) is 6.48. The number of sulfone groups is 1. The Balaban J connectivity index is 2.65. The van der Waals surface area contributed by atoms with Gasteiger partial charge in [-0.05, 0) is 18.8 Å². The summed E-state index contributed by atoms with van der Waals surface area (Å²) in [5, 5.41) is 3.55. The summed E-state index contributed by atoms with van der Waals surface area (Å²) in [6.07, 6.45) is 2.33. The topological polar surface area (TPSA) is 49.4 Å². The molecule has 1 heterocycles. The predicted octanol–water partition coefficient (Wildman–Crippen LogP) is 1.91. The third-order valence-electron chi connectivity index (χ3n) is 4.18. The van der Waals surface area contributed by atoms with Crippen LogP contribution in [0.4, 0.5) is 0 Å². The van der Waals surface area contributed by atoms with E-state index in [9.17, 15) is 8.42 Å². The molecule has 1 rings (SSSR count). The van der Waals surface area contributed by atoms with Gasteiger partial charge >= 0.3 is 0 Å². The molecule has 1 aliphatic heterocycles. The molecule has 2 unspecified atom stereocenters. The first kappa shape index (κ1) is 17.9. The van der Waals surface area contributed by atoms with Crippen LogP contribution in [0.2, 0.25) is 0 Å². The first-order valence-corrected chi connectivity index (χ1v) is 9.67. The van der Waals surface area contributed by atoms with Gasteiger partial charge < -0.3 is 5.32 Å². The van der Waals surface area contributed by atoms with E-state index in [2.05, 4.69) is 37.9 Å². The molecule has 1 saturated heterocycles. The lowest BCUT2D eigenvalue weighted by Gasteiger charge is -2.41. The molecule has 1 N–H and O–H groups in total. The van der Waals surface area contributed by atoms with E-state index in [1.165, 1.54) is 6.42 Å². The zero-order valence-corrected chi connectivity index (χ0v) is 14.6. The van der Waals surface area contributed by atoms with Crippen molar-refractivity contribution >= 4 is 9.84 Å². The molecule has 0 aliphatic carbocycles. The van der Waals surface area contributed by atoms with E-state index in [1.807, 2.05) is 6.92 Å². The lowest BCUT2D eigenvalue weighted by molar-refractivity contribution is 0.123. The van der Waals surface area contributed by atoms with Crippen molar-refractivity contribution in [3.05, 3.63) is 0 Å². The second-order valence-corrected chi connectivity index (χ2v) is 9.26. The van der Waals surface area contributed by atoms with Crippen molar-refractivity contribution in [1.29, 1.82) is 0 Å². The van der Waals surface area contributed by atoms with Crippen LogP contribution in [0, 0.1) is 5.41 Å². The van der Waals surface area contributed by atoms with E-state index in [1.54, 1.807) is 0 Å². The normalized spacial score (nSPS) is 26.6. The first-order chi connectivity index (χ1) is 9.17. The van der Waals surface area contributed by atoms with E-state index < -0.39 is 9.84 Å². The van der Waals surface area contributed by atoms with Crippen molar-refractivity contribution in [1.82, 2.24) is 10.2 Å². The summed E-state index contributed by atoms with van der Waals surface area (Å²) < 4.78 is 23.3. The van der Waals surface area contributed by atoms with Gasteiger partial charge in [-0.25, -0.2) is 8.42 Å². The molecule has 0 aromatic carbocycles. The lowest BCUT2D eigenvalue weighted by Crippen LogP contribution is -2.52. The lowest BCUT2D eigenvalue weighted by atomic mass is 9.84. The zero-order valence-electron chi connectivity index (χ0n) is 13.8. The summed E-state index contributed by atoms with van der Waals surface area (Å²) in [5.74, 6) is 0.629. The smallest absolute Gasteiger partial charge is 0.153 e. The Labute approximate surface area is 125 Å². The van der Waals surface area contributed by atoms with E-state index in [-0.39, 0.29) is 11.5 Å². The number of nitrogens with zero attached hydrogens (tertiary/aromatic N) is 1. The van der Waals surface area contributed by atoms with Crippen molar-refractivity contribution in [2.45, 2.75) is 59.5 Å². The molecule has 0 radical (unpaired) electrons. The Morgan fingerprint density at radius 1 is 1.40 bits per heavy atom. The molecule has 0 bridgehead atoms. The molecular weight excluding hydrogens is 272 g/mol. The van der Waals surface area contributed by atoms with Crippen LogP contribution in [0.15, 0.2) is 0 Å². The van der Waals surface area contributed by atoms with Crippen LogP contribution >= 0.6 is 0 Å². The Morgan fingerprint density at radius 3 is 2.55 bits per heavy atom. The summed E-state index contributed by atoms with van der Waals surface area (Å²) in [4.78, 5) is 2.36. The van der Waals surface area contributed by atoms with E-state index >= 15 is 0 Å². The van der Waals surface area contributed by atoms with Gasteiger partial charge in [0.15, 0.2) is 9.84 Å². The summed E-state index contributed by atoms with van der Waals surface area (Å²) >= 11 is 0. The van der Waals surface area contributed by atoms with Gasteiger partial charge in [0.2, 0.25) is 0 Å². The maximum Gasteiger partial charge on any atom is 0.153 e.